The summed E-state index contributed by atoms with van der Waals surface area (Å²) in [5.74, 6) is 8.41. The lowest BCUT2D eigenvalue weighted by Gasteiger charge is -2.04. The summed E-state index contributed by atoms with van der Waals surface area (Å²) in [6.07, 6.45) is 3.55. The van der Waals surface area contributed by atoms with Gasteiger partial charge in [0.15, 0.2) is 11.0 Å². The van der Waals surface area contributed by atoms with Crippen LogP contribution in [-0.4, -0.2) is 51.9 Å². The predicted octanol–water partition coefficient (Wildman–Crippen LogP) is 1.08. The minimum Gasteiger partial charge on any atom is -0.383 e. The monoisotopic (exact) mass is 444 g/mol. The number of nitrogens with one attached hydrogen (secondary N) is 1. The van der Waals surface area contributed by atoms with Crippen LogP contribution in [0.3, 0.4) is 0 Å². The SMILES string of the molecule is CNc1nc(C)c(-c2nnc(SCc3cn(Cc4cnc(C)nc4N)nn3)n2N)s1. The van der Waals surface area contributed by atoms with Crippen molar-refractivity contribution in [3.63, 3.8) is 0 Å². The van der Waals surface area contributed by atoms with E-state index in [4.69, 9.17) is 11.6 Å². The Balaban J connectivity index is 1.43. The standard InChI is InChI=1S/C16H20N12S2/c1-8-12(30-15(19-3)21-8)14-24-25-16(28(14)18)29-7-11-6-27(26-23-11)5-10-4-20-9(2)22-13(10)17/h4,6H,5,7,18H2,1-3H3,(H,19,21)(H2,17,20,22). The van der Waals surface area contributed by atoms with E-state index in [1.807, 2.05) is 20.2 Å². The van der Waals surface area contributed by atoms with Gasteiger partial charge in [-0.1, -0.05) is 28.3 Å². The molecule has 156 valence electrons. The van der Waals surface area contributed by atoms with Crippen molar-refractivity contribution < 1.29 is 0 Å². The highest BCUT2D eigenvalue weighted by atomic mass is 32.2. The molecule has 0 radical (unpaired) electrons. The Morgan fingerprint density at radius 3 is 2.77 bits per heavy atom. The fourth-order valence-electron chi connectivity index (χ4n) is 2.67. The minimum absolute atomic E-state index is 0.442. The molecule has 4 heterocycles. The van der Waals surface area contributed by atoms with Crippen LogP contribution in [0.2, 0.25) is 0 Å². The Kier molecular flexibility index (Phi) is 5.50. The fourth-order valence-corrected chi connectivity index (χ4v) is 4.31. The molecule has 0 atom stereocenters. The molecular formula is C16H20N12S2. The molecule has 0 unspecified atom stereocenters. The summed E-state index contributed by atoms with van der Waals surface area (Å²) in [6, 6.07) is 0. The molecule has 14 heteroatoms. The van der Waals surface area contributed by atoms with Gasteiger partial charge in [0.1, 0.15) is 11.6 Å². The Labute approximate surface area is 180 Å². The van der Waals surface area contributed by atoms with Crippen molar-refractivity contribution in [2.45, 2.75) is 31.3 Å². The summed E-state index contributed by atoms with van der Waals surface area (Å²) in [5, 5.41) is 21.2. The summed E-state index contributed by atoms with van der Waals surface area (Å²) in [6.45, 7) is 4.15. The van der Waals surface area contributed by atoms with Gasteiger partial charge in [-0.25, -0.2) is 24.3 Å². The molecule has 0 amide bonds. The van der Waals surface area contributed by atoms with Gasteiger partial charge in [0.2, 0.25) is 5.16 Å². The van der Waals surface area contributed by atoms with Crippen molar-refractivity contribution in [2.75, 3.05) is 23.9 Å². The lowest BCUT2D eigenvalue weighted by molar-refractivity contribution is 0.647. The van der Waals surface area contributed by atoms with Gasteiger partial charge in [-0.15, -0.1) is 15.3 Å². The highest BCUT2D eigenvalue weighted by Gasteiger charge is 2.18. The average Bonchev–Trinajstić information content (AvgIpc) is 3.41. The third kappa shape index (κ3) is 4.04. The highest BCUT2D eigenvalue weighted by molar-refractivity contribution is 7.98. The first-order valence-electron chi connectivity index (χ1n) is 8.90. The molecule has 4 aromatic rings. The molecule has 0 aliphatic heterocycles. The van der Waals surface area contributed by atoms with E-state index in [1.54, 1.807) is 17.8 Å². The number of thioether (sulfide) groups is 1. The zero-order valence-electron chi connectivity index (χ0n) is 16.6. The molecule has 12 nitrogen and oxygen atoms in total. The summed E-state index contributed by atoms with van der Waals surface area (Å²) >= 11 is 2.91. The topological polar surface area (TPSA) is 164 Å². The van der Waals surface area contributed by atoms with Crippen LogP contribution in [0.1, 0.15) is 22.8 Å². The molecule has 4 rings (SSSR count). The summed E-state index contributed by atoms with van der Waals surface area (Å²) in [4.78, 5) is 13.6. The van der Waals surface area contributed by atoms with Crippen molar-refractivity contribution in [2.24, 2.45) is 0 Å². The second kappa shape index (κ2) is 8.23. The number of hydrogen-bond donors (Lipinski definition) is 3. The number of rotatable bonds is 7. The van der Waals surface area contributed by atoms with Crippen molar-refractivity contribution in [1.29, 1.82) is 0 Å². The largest absolute Gasteiger partial charge is 0.383 e. The number of anilines is 2. The lowest BCUT2D eigenvalue weighted by atomic mass is 10.3. The number of thiazole rings is 1. The summed E-state index contributed by atoms with van der Waals surface area (Å²) in [7, 11) is 1.82. The van der Waals surface area contributed by atoms with Crippen LogP contribution in [0, 0.1) is 13.8 Å². The van der Waals surface area contributed by atoms with Gasteiger partial charge in [0, 0.05) is 30.8 Å². The van der Waals surface area contributed by atoms with Gasteiger partial charge in [-0.05, 0) is 13.8 Å². The summed E-state index contributed by atoms with van der Waals surface area (Å²) < 4.78 is 3.16. The van der Waals surface area contributed by atoms with E-state index >= 15 is 0 Å². The molecule has 5 N–H and O–H groups in total. The predicted molar refractivity (Wildman–Crippen MR) is 115 cm³/mol. The van der Waals surface area contributed by atoms with Crippen LogP contribution in [0.4, 0.5) is 10.9 Å². The van der Waals surface area contributed by atoms with E-state index in [0.29, 0.717) is 34.9 Å². The molecule has 0 aliphatic rings. The maximum Gasteiger partial charge on any atom is 0.210 e. The first kappa shape index (κ1) is 20.0. The second-order valence-corrected chi connectivity index (χ2v) is 8.33. The molecule has 0 aromatic carbocycles. The van der Waals surface area contributed by atoms with Gasteiger partial charge < -0.3 is 16.9 Å². The molecule has 0 saturated heterocycles. The maximum atomic E-state index is 6.22. The number of nitrogen functional groups attached to an aromatic ring is 2. The van der Waals surface area contributed by atoms with E-state index in [1.165, 1.54) is 27.8 Å². The zero-order chi connectivity index (χ0) is 21.3. The molecule has 4 aromatic heterocycles. The van der Waals surface area contributed by atoms with Crippen molar-refractivity contribution in [3.8, 4) is 10.7 Å². The van der Waals surface area contributed by atoms with E-state index in [2.05, 4.69) is 40.8 Å². The van der Waals surface area contributed by atoms with Crippen molar-refractivity contribution >= 4 is 34.0 Å². The fraction of sp³-hybridized carbons (Fsp3) is 0.312. The Bertz CT molecular complexity index is 1180. The molecular weight excluding hydrogens is 424 g/mol. The molecule has 0 bridgehead atoms. The number of nitrogens with zero attached hydrogens (tertiary/aromatic N) is 9. The smallest absolute Gasteiger partial charge is 0.210 e. The Morgan fingerprint density at radius 1 is 1.20 bits per heavy atom. The highest BCUT2D eigenvalue weighted by Crippen LogP contribution is 2.32. The first-order valence-corrected chi connectivity index (χ1v) is 10.7. The summed E-state index contributed by atoms with van der Waals surface area (Å²) in [5.41, 5.74) is 8.36. The average molecular weight is 445 g/mol. The van der Waals surface area contributed by atoms with E-state index < -0.39 is 0 Å². The minimum atomic E-state index is 0.442. The maximum absolute atomic E-state index is 6.22. The van der Waals surface area contributed by atoms with Gasteiger partial charge >= 0.3 is 0 Å². The first-order chi connectivity index (χ1) is 14.4. The van der Waals surface area contributed by atoms with Gasteiger partial charge in [-0.3, -0.25) is 0 Å². The van der Waals surface area contributed by atoms with Crippen molar-refractivity contribution in [3.05, 3.63) is 35.2 Å². The van der Waals surface area contributed by atoms with Crippen LogP contribution in [0.15, 0.2) is 17.6 Å². The number of nitrogens with two attached hydrogens (primary N) is 2. The van der Waals surface area contributed by atoms with Crippen LogP contribution in [-0.2, 0) is 12.3 Å². The molecule has 0 aliphatic carbocycles. The second-order valence-electron chi connectivity index (χ2n) is 6.38. The third-order valence-corrected chi connectivity index (χ3v) is 6.31. The Hall–Kier alpha value is -3.26. The molecule has 0 spiro atoms. The molecule has 30 heavy (non-hydrogen) atoms. The van der Waals surface area contributed by atoms with Crippen molar-refractivity contribution in [1.82, 2.24) is 44.8 Å². The van der Waals surface area contributed by atoms with Crippen LogP contribution < -0.4 is 16.9 Å². The normalized spacial score (nSPS) is 11.2. The molecule has 0 fully saturated rings. The van der Waals surface area contributed by atoms with Gasteiger partial charge in [0.25, 0.3) is 0 Å². The zero-order valence-corrected chi connectivity index (χ0v) is 18.2. The van der Waals surface area contributed by atoms with Crippen LogP contribution in [0.25, 0.3) is 10.7 Å². The number of aromatic nitrogens is 9. The number of aryl methyl sites for hydroxylation is 2. The van der Waals surface area contributed by atoms with Gasteiger partial charge in [-0.2, -0.15) is 0 Å². The van der Waals surface area contributed by atoms with E-state index in [9.17, 15) is 0 Å². The third-order valence-electron chi connectivity index (χ3n) is 4.16. The lowest BCUT2D eigenvalue weighted by Crippen LogP contribution is -2.11. The Morgan fingerprint density at radius 2 is 2.03 bits per heavy atom. The molecule has 0 saturated carbocycles. The van der Waals surface area contributed by atoms with E-state index in [0.717, 1.165) is 27.0 Å². The van der Waals surface area contributed by atoms with Gasteiger partial charge in [0.05, 0.1) is 22.8 Å². The van der Waals surface area contributed by atoms with Crippen LogP contribution >= 0.6 is 23.1 Å². The quantitative estimate of drug-likeness (QED) is 0.276. The number of hydrogen-bond acceptors (Lipinski definition) is 12. The van der Waals surface area contributed by atoms with Crippen LogP contribution in [0.5, 0.6) is 0 Å². The van der Waals surface area contributed by atoms with E-state index in [-0.39, 0.29) is 0 Å².